The number of carbonyl (C=O) groups excluding carboxylic acids is 4. The van der Waals surface area contributed by atoms with E-state index in [-0.39, 0.29) is 31.2 Å². The van der Waals surface area contributed by atoms with Gasteiger partial charge in [-0.05, 0) is 49.9 Å². The van der Waals surface area contributed by atoms with Crippen LogP contribution in [0.4, 0.5) is 5.69 Å². The fraction of sp³-hybridized carbons (Fsp3) is 0.429. The number of hydrogen-bond donors (Lipinski definition) is 3. The molecule has 2 saturated heterocycles. The number of ether oxygens (including phenoxy) is 2. The molecule has 10 nitrogen and oxygen atoms in total. The summed E-state index contributed by atoms with van der Waals surface area (Å²) in [6.45, 7) is 3.98. The molecular weight excluding hydrogens is 488 g/mol. The minimum absolute atomic E-state index is 0.0331. The summed E-state index contributed by atoms with van der Waals surface area (Å²) in [4.78, 5) is 54.2. The Morgan fingerprint density at radius 3 is 2.47 bits per heavy atom. The summed E-state index contributed by atoms with van der Waals surface area (Å²) in [7, 11) is 3.10. The third-order valence-corrected chi connectivity index (χ3v) is 8.03. The third-order valence-electron chi connectivity index (χ3n) is 8.03. The highest BCUT2D eigenvalue weighted by Gasteiger charge is 2.70. The van der Waals surface area contributed by atoms with Crippen LogP contribution in [0.25, 0.3) is 0 Å². The van der Waals surface area contributed by atoms with Crippen molar-refractivity contribution < 1.29 is 28.7 Å². The normalized spacial score (nSPS) is 25.5. The second-order valence-electron chi connectivity index (χ2n) is 10.3. The average Bonchev–Trinajstić information content (AvgIpc) is 3.46. The van der Waals surface area contributed by atoms with Gasteiger partial charge in [-0.15, -0.1) is 0 Å². The maximum atomic E-state index is 14.0. The number of amides is 4. The number of aryl methyl sites for hydroxylation is 2. The summed E-state index contributed by atoms with van der Waals surface area (Å²) in [6, 6.07) is 8.75. The summed E-state index contributed by atoms with van der Waals surface area (Å²) in [6.07, 6.45) is 0.685. The number of nitrogens with zero attached hydrogens (tertiary/aromatic N) is 1. The van der Waals surface area contributed by atoms with Gasteiger partial charge in [-0.2, -0.15) is 0 Å². The number of nitrogens with one attached hydrogen (secondary N) is 2. The predicted octanol–water partition coefficient (Wildman–Crippen LogP) is 1.55. The first-order valence-electron chi connectivity index (χ1n) is 12.7. The van der Waals surface area contributed by atoms with Gasteiger partial charge >= 0.3 is 0 Å². The van der Waals surface area contributed by atoms with E-state index in [0.29, 0.717) is 29.2 Å². The molecule has 4 amide bonds. The number of anilines is 1. The molecular formula is C28H32N4O6. The number of likely N-dealkylation sites (tertiary alicyclic amines) is 1. The molecule has 38 heavy (non-hydrogen) atoms. The van der Waals surface area contributed by atoms with Gasteiger partial charge in [0.25, 0.3) is 0 Å². The van der Waals surface area contributed by atoms with Crippen molar-refractivity contribution in [1.82, 2.24) is 10.2 Å². The SMILES string of the molecule is COc1ccc(CCN2C(=O)[C@@H]3[C@@H](CCC(N)=O)N[C@@]4(C(=O)Nc5c(C)cc(C)cc54)[C@H]3C2=O)cc1OC. The van der Waals surface area contributed by atoms with Gasteiger partial charge in [0.05, 0.1) is 26.1 Å². The van der Waals surface area contributed by atoms with Crippen LogP contribution in [0.2, 0.25) is 0 Å². The molecule has 3 aliphatic rings. The van der Waals surface area contributed by atoms with Crippen LogP contribution < -0.4 is 25.8 Å². The number of methoxy groups -OCH3 is 2. The summed E-state index contributed by atoms with van der Waals surface area (Å²) in [5, 5.41) is 6.30. The van der Waals surface area contributed by atoms with Crippen molar-refractivity contribution >= 4 is 29.3 Å². The Morgan fingerprint density at radius 1 is 1.05 bits per heavy atom. The molecule has 0 unspecified atom stereocenters. The van der Waals surface area contributed by atoms with Crippen LogP contribution in [0.1, 0.15) is 35.1 Å². The molecule has 3 aliphatic heterocycles. The minimum atomic E-state index is -1.40. The standard InChI is InChI=1S/C28H32N4O6/c1-14-11-15(2)24-17(12-14)28(27(36)30-24)23-22(18(31-28)6-8-21(29)33)25(34)32(26(23)35)10-9-16-5-7-19(37-3)20(13-16)38-4/h5,7,11-13,18,22-23,31H,6,8-10H2,1-4H3,(H2,29,33)(H,30,36)/t18-,22-,23-,28-/m1/s1. The van der Waals surface area contributed by atoms with E-state index in [1.807, 2.05) is 38.1 Å². The van der Waals surface area contributed by atoms with Crippen LogP contribution in [-0.4, -0.2) is 55.3 Å². The number of imide groups is 1. The molecule has 5 rings (SSSR count). The van der Waals surface area contributed by atoms with E-state index in [1.54, 1.807) is 20.3 Å². The van der Waals surface area contributed by atoms with Crippen LogP contribution in [0, 0.1) is 25.7 Å². The first kappa shape index (κ1) is 25.7. The second-order valence-corrected chi connectivity index (χ2v) is 10.3. The average molecular weight is 521 g/mol. The molecule has 2 aromatic rings. The molecule has 4 atom stereocenters. The molecule has 200 valence electrons. The lowest BCUT2D eigenvalue weighted by molar-refractivity contribution is -0.142. The van der Waals surface area contributed by atoms with Crippen LogP contribution in [0.3, 0.4) is 0 Å². The van der Waals surface area contributed by atoms with E-state index in [1.165, 1.54) is 4.90 Å². The molecule has 0 saturated carbocycles. The topological polar surface area (TPSA) is 140 Å². The van der Waals surface area contributed by atoms with Gasteiger partial charge in [0, 0.05) is 30.3 Å². The molecule has 0 aliphatic carbocycles. The second kappa shape index (κ2) is 9.43. The van der Waals surface area contributed by atoms with Crippen LogP contribution in [0.5, 0.6) is 11.5 Å². The Bertz CT molecular complexity index is 1360. The molecule has 2 fully saturated rings. The molecule has 3 heterocycles. The lowest BCUT2D eigenvalue weighted by Crippen LogP contribution is -2.53. The van der Waals surface area contributed by atoms with Crippen molar-refractivity contribution in [3.8, 4) is 11.5 Å². The van der Waals surface area contributed by atoms with E-state index < -0.39 is 35.2 Å². The summed E-state index contributed by atoms with van der Waals surface area (Å²) >= 11 is 0. The van der Waals surface area contributed by atoms with E-state index >= 15 is 0 Å². The zero-order valence-electron chi connectivity index (χ0n) is 21.9. The number of hydrogen-bond acceptors (Lipinski definition) is 7. The number of primary amides is 1. The van der Waals surface area contributed by atoms with E-state index in [9.17, 15) is 19.2 Å². The molecule has 0 bridgehead atoms. The van der Waals surface area contributed by atoms with Gasteiger partial charge in [-0.3, -0.25) is 29.4 Å². The van der Waals surface area contributed by atoms with Crippen molar-refractivity contribution in [3.63, 3.8) is 0 Å². The van der Waals surface area contributed by atoms with Gasteiger partial charge < -0.3 is 20.5 Å². The first-order valence-corrected chi connectivity index (χ1v) is 12.7. The van der Waals surface area contributed by atoms with E-state index in [4.69, 9.17) is 15.2 Å². The number of benzene rings is 2. The van der Waals surface area contributed by atoms with Crippen molar-refractivity contribution in [1.29, 1.82) is 0 Å². The van der Waals surface area contributed by atoms with Crippen molar-refractivity contribution in [3.05, 3.63) is 52.6 Å². The Hall–Kier alpha value is -3.92. The Morgan fingerprint density at radius 2 is 1.79 bits per heavy atom. The van der Waals surface area contributed by atoms with Crippen molar-refractivity contribution in [2.45, 2.75) is 44.7 Å². The van der Waals surface area contributed by atoms with Crippen LogP contribution in [-0.2, 0) is 31.1 Å². The zero-order valence-corrected chi connectivity index (χ0v) is 21.9. The Balaban J connectivity index is 1.50. The third kappa shape index (κ3) is 3.82. The highest BCUT2D eigenvalue weighted by Crippen LogP contribution is 2.54. The van der Waals surface area contributed by atoms with E-state index in [2.05, 4.69) is 10.6 Å². The van der Waals surface area contributed by atoms with Gasteiger partial charge in [0.1, 0.15) is 5.54 Å². The summed E-state index contributed by atoms with van der Waals surface area (Å²) in [5.41, 5.74) is 8.03. The van der Waals surface area contributed by atoms with Gasteiger partial charge in [-0.25, -0.2) is 0 Å². The molecule has 0 aromatic heterocycles. The highest BCUT2D eigenvalue weighted by atomic mass is 16.5. The van der Waals surface area contributed by atoms with Crippen molar-refractivity contribution in [2.75, 3.05) is 26.1 Å². The van der Waals surface area contributed by atoms with Crippen molar-refractivity contribution in [2.24, 2.45) is 17.6 Å². The maximum absolute atomic E-state index is 14.0. The quantitative estimate of drug-likeness (QED) is 0.449. The fourth-order valence-electron chi connectivity index (χ4n) is 6.36. The first-order chi connectivity index (χ1) is 18.1. The highest BCUT2D eigenvalue weighted by molar-refractivity contribution is 6.15. The van der Waals surface area contributed by atoms with Crippen LogP contribution >= 0.6 is 0 Å². The smallest absolute Gasteiger partial charge is 0.250 e. The number of carbonyl (C=O) groups is 4. The molecule has 1 spiro atoms. The number of rotatable bonds is 8. The number of nitrogens with two attached hydrogens (primary N) is 1. The van der Waals surface area contributed by atoms with Gasteiger partial charge in [0.15, 0.2) is 11.5 Å². The maximum Gasteiger partial charge on any atom is 0.250 e. The zero-order chi connectivity index (χ0) is 27.4. The fourth-order valence-corrected chi connectivity index (χ4v) is 6.36. The van der Waals surface area contributed by atoms with E-state index in [0.717, 1.165) is 16.7 Å². The molecule has 2 aromatic carbocycles. The Kier molecular flexibility index (Phi) is 6.38. The monoisotopic (exact) mass is 520 g/mol. The molecule has 4 N–H and O–H groups in total. The molecule has 0 radical (unpaired) electrons. The lowest BCUT2D eigenvalue weighted by Gasteiger charge is -2.30. The van der Waals surface area contributed by atoms with Gasteiger partial charge in [0.2, 0.25) is 23.6 Å². The lowest BCUT2D eigenvalue weighted by atomic mass is 9.75. The minimum Gasteiger partial charge on any atom is -0.493 e. The Labute approximate surface area is 220 Å². The summed E-state index contributed by atoms with van der Waals surface area (Å²) < 4.78 is 10.7. The largest absolute Gasteiger partial charge is 0.493 e. The molecule has 10 heteroatoms. The van der Waals surface area contributed by atoms with Crippen LogP contribution in [0.15, 0.2) is 30.3 Å². The van der Waals surface area contributed by atoms with Gasteiger partial charge in [-0.1, -0.05) is 23.8 Å². The predicted molar refractivity (Wildman–Crippen MR) is 139 cm³/mol. The summed E-state index contributed by atoms with van der Waals surface area (Å²) in [5.74, 6) is -2.18. The number of fused-ring (bicyclic) bond motifs is 4.